The van der Waals surface area contributed by atoms with Crippen LogP contribution in [0.2, 0.25) is 0 Å². The predicted molar refractivity (Wildman–Crippen MR) is 89.4 cm³/mol. The van der Waals surface area contributed by atoms with Gasteiger partial charge in [-0.2, -0.15) is 0 Å². The van der Waals surface area contributed by atoms with E-state index in [4.69, 9.17) is 0 Å². The molecule has 1 atom stereocenters. The summed E-state index contributed by atoms with van der Waals surface area (Å²) >= 11 is 0. The maximum absolute atomic E-state index is 12.4. The van der Waals surface area contributed by atoms with Gasteiger partial charge in [0.2, 0.25) is 10.0 Å². The normalized spacial score (nSPS) is 19.9. The van der Waals surface area contributed by atoms with Gasteiger partial charge in [0.1, 0.15) is 0 Å². The number of hydrogen-bond donors (Lipinski definition) is 0. The fraction of sp³-hybridized carbons (Fsp3) is 0.643. The Hall–Kier alpha value is -1.94. The second kappa shape index (κ2) is 5.85. The van der Waals surface area contributed by atoms with Crippen LogP contribution in [-0.4, -0.2) is 50.8 Å². The van der Waals surface area contributed by atoms with E-state index in [1.165, 1.54) is 22.2 Å². The van der Waals surface area contributed by atoms with Gasteiger partial charge in [-0.25, -0.2) is 22.5 Å². The molecule has 1 unspecified atom stereocenters. The maximum atomic E-state index is 12.4. The minimum atomic E-state index is -3.21. The number of nitrogens with zero attached hydrogens (tertiary/aromatic N) is 5. The Morgan fingerprint density at radius 1 is 1.25 bits per heavy atom. The topological polar surface area (TPSA) is 99.2 Å². The Morgan fingerprint density at radius 3 is 2.62 bits per heavy atom. The molecule has 0 amide bonds. The van der Waals surface area contributed by atoms with Crippen molar-refractivity contribution in [3.63, 3.8) is 0 Å². The number of aromatic nitrogens is 4. The van der Waals surface area contributed by atoms with Crippen molar-refractivity contribution in [2.75, 3.05) is 19.3 Å². The fourth-order valence-electron chi connectivity index (χ4n) is 3.29. The molecular weight excluding hydrogens is 334 g/mol. The Balaban J connectivity index is 1.97. The van der Waals surface area contributed by atoms with Crippen LogP contribution in [0.1, 0.15) is 12.8 Å². The first kappa shape index (κ1) is 16.9. The molecule has 0 aromatic carbocycles. The summed E-state index contributed by atoms with van der Waals surface area (Å²) in [6, 6.07) is 0. The number of sulfonamides is 1. The molecule has 3 rings (SSSR count). The Morgan fingerprint density at radius 2 is 1.96 bits per heavy atom. The second-order valence-electron chi connectivity index (χ2n) is 6.40. The molecule has 1 fully saturated rings. The van der Waals surface area contributed by atoms with Crippen LogP contribution < -0.4 is 11.2 Å². The van der Waals surface area contributed by atoms with E-state index in [9.17, 15) is 18.0 Å². The molecule has 3 heterocycles. The van der Waals surface area contributed by atoms with Gasteiger partial charge in [0.05, 0.1) is 12.6 Å². The Bertz CT molecular complexity index is 1000. The largest absolute Gasteiger partial charge is 0.332 e. The summed E-state index contributed by atoms with van der Waals surface area (Å²) in [7, 11) is -0.195. The van der Waals surface area contributed by atoms with Crippen molar-refractivity contribution in [1.29, 1.82) is 0 Å². The van der Waals surface area contributed by atoms with Gasteiger partial charge in [-0.3, -0.25) is 13.9 Å². The number of rotatable bonds is 3. The van der Waals surface area contributed by atoms with Crippen LogP contribution in [0.25, 0.3) is 11.2 Å². The monoisotopic (exact) mass is 355 g/mol. The number of imidazole rings is 1. The first-order chi connectivity index (χ1) is 11.2. The molecule has 2 aromatic heterocycles. The van der Waals surface area contributed by atoms with Gasteiger partial charge in [-0.1, -0.05) is 0 Å². The third-order valence-electron chi connectivity index (χ3n) is 4.62. The van der Waals surface area contributed by atoms with E-state index in [0.717, 1.165) is 17.4 Å². The van der Waals surface area contributed by atoms with E-state index < -0.39 is 15.7 Å². The highest BCUT2D eigenvalue weighted by Crippen LogP contribution is 2.21. The lowest BCUT2D eigenvalue weighted by molar-refractivity contribution is 0.248. The van der Waals surface area contributed by atoms with Gasteiger partial charge in [-0.05, 0) is 18.8 Å². The molecule has 0 spiro atoms. The number of aryl methyl sites for hydroxylation is 1. The molecule has 24 heavy (non-hydrogen) atoms. The Labute approximate surface area is 139 Å². The standard InChI is InChI=1S/C14H21N5O4S/c1-16-12-11(13(20)17(2)14(16)21)18(9-15-12)7-10-5-4-6-19(8-10)24(3,22)23/h9-10H,4-8H2,1-3H3. The van der Waals surface area contributed by atoms with Gasteiger partial charge in [0.25, 0.3) is 5.56 Å². The van der Waals surface area contributed by atoms with Gasteiger partial charge in [0.15, 0.2) is 11.2 Å². The molecule has 1 aliphatic heterocycles. The zero-order valence-corrected chi connectivity index (χ0v) is 14.8. The average Bonchev–Trinajstić information content (AvgIpc) is 2.94. The molecule has 1 saturated heterocycles. The summed E-state index contributed by atoms with van der Waals surface area (Å²) < 4.78 is 29.1. The van der Waals surface area contributed by atoms with Gasteiger partial charge in [0, 0.05) is 33.7 Å². The molecule has 132 valence electrons. The van der Waals surface area contributed by atoms with E-state index in [1.807, 2.05) is 0 Å². The van der Waals surface area contributed by atoms with E-state index in [2.05, 4.69) is 4.98 Å². The number of piperidine rings is 1. The van der Waals surface area contributed by atoms with Crippen LogP contribution in [0.5, 0.6) is 0 Å². The minimum Gasteiger partial charge on any atom is -0.324 e. The van der Waals surface area contributed by atoms with Crippen LogP contribution in [-0.2, 0) is 30.7 Å². The van der Waals surface area contributed by atoms with Crippen molar-refractivity contribution in [3.8, 4) is 0 Å². The zero-order chi connectivity index (χ0) is 17.6. The van der Waals surface area contributed by atoms with Crippen molar-refractivity contribution >= 4 is 21.2 Å². The van der Waals surface area contributed by atoms with Crippen LogP contribution in [0, 0.1) is 5.92 Å². The fourth-order valence-corrected chi connectivity index (χ4v) is 4.23. The van der Waals surface area contributed by atoms with Crippen molar-refractivity contribution in [1.82, 2.24) is 23.0 Å². The van der Waals surface area contributed by atoms with Crippen LogP contribution >= 0.6 is 0 Å². The highest BCUT2D eigenvalue weighted by atomic mass is 32.2. The van der Waals surface area contributed by atoms with Gasteiger partial charge >= 0.3 is 5.69 Å². The summed E-state index contributed by atoms with van der Waals surface area (Å²) in [5.74, 6) is 0.104. The summed E-state index contributed by atoms with van der Waals surface area (Å²) in [6.07, 6.45) is 4.44. The van der Waals surface area contributed by atoms with Gasteiger partial charge in [-0.15, -0.1) is 0 Å². The SMILES string of the molecule is Cn1c(=O)c2c(ncn2CC2CCCN(S(C)(=O)=O)C2)n(C)c1=O. The molecular formula is C14H21N5O4S. The summed E-state index contributed by atoms with van der Waals surface area (Å²) in [5.41, 5.74) is -0.0880. The molecule has 0 bridgehead atoms. The summed E-state index contributed by atoms with van der Waals surface area (Å²) in [6.45, 7) is 1.47. The molecule has 0 saturated carbocycles. The van der Waals surface area contributed by atoms with Crippen LogP contribution in [0.3, 0.4) is 0 Å². The lowest BCUT2D eigenvalue weighted by Gasteiger charge is -2.31. The number of fused-ring (bicyclic) bond motifs is 1. The molecule has 10 heteroatoms. The summed E-state index contributed by atoms with van der Waals surface area (Å²) in [5, 5.41) is 0. The molecule has 2 aromatic rings. The first-order valence-electron chi connectivity index (χ1n) is 7.76. The predicted octanol–water partition coefficient (Wildman–Crippen LogP) is -0.895. The lowest BCUT2D eigenvalue weighted by atomic mass is 9.99. The van der Waals surface area contributed by atoms with E-state index in [0.29, 0.717) is 30.8 Å². The summed E-state index contributed by atoms with van der Waals surface area (Å²) in [4.78, 5) is 28.6. The number of hydrogen-bond acceptors (Lipinski definition) is 5. The van der Waals surface area contributed by atoms with Crippen LogP contribution in [0.15, 0.2) is 15.9 Å². The second-order valence-corrected chi connectivity index (χ2v) is 8.39. The van der Waals surface area contributed by atoms with E-state index in [-0.39, 0.29) is 11.5 Å². The maximum Gasteiger partial charge on any atom is 0.332 e. The highest BCUT2D eigenvalue weighted by molar-refractivity contribution is 7.88. The van der Waals surface area contributed by atoms with Crippen molar-refractivity contribution in [2.24, 2.45) is 20.0 Å². The van der Waals surface area contributed by atoms with Crippen molar-refractivity contribution in [2.45, 2.75) is 19.4 Å². The molecule has 0 radical (unpaired) electrons. The van der Waals surface area contributed by atoms with Crippen LogP contribution in [0.4, 0.5) is 0 Å². The Kier molecular flexibility index (Phi) is 4.12. The lowest BCUT2D eigenvalue weighted by Crippen LogP contribution is -2.41. The third-order valence-corrected chi connectivity index (χ3v) is 5.89. The molecule has 0 aliphatic carbocycles. The van der Waals surface area contributed by atoms with Gasteiger partial charge < -0.3 is 4.57 Å². The molecule has 0 N–H and O–H groups in total. The average molecular weight is 355 g/mol. The highest BCUT2D eigenvalue weighted by Gasteiger charge is 2.27. The molecule has 1 aliphatic rings. The smallest absolute Gasteiger partial charge is 0.324 e. The third kappa shape index (κ3) is 2.80. The zero-order valence-electron chi connectivity index (χ0n) is 14.0. The van der Waals surface area contributed by atoms with E-state index >= 15 is 0 Å². The minimum absolute atomic E-state index is 0.104. The first-order valence-corrected chi connectivity index (χ1v) is 9.61. The van der Waals surface area contributed by atoms with Crippen molar-refractivity contribution in [3.05, 3.63) is 27.2 Å². The quantitative estimate of drug-likeness (QED) is 0.711. The van der Waals surface area contributed by atoms with Crippen molar-refractivity contribution < 1.29 is 8.42 Å². The molecule has 9 nitrogen and oxygen atoms in total. The van der Waals surface area contributed by atoms with E-state index in [1.54, 1.807) is 17.9 Å².